The molecule has 0 aliphatic heterocycles. The van der Waals surface area contributed by atoms with Crippen molar-refractivity contribution in [1.29, 1.82) is 0 Å². The van der Waals surface area contributed by atoms with Crippen molar-refractivity contribution in [2.45, 2.75) is 12.5 Å². The van der Waals surface area contributed by atoms with Crippen LogP contribution in [0.1, 0.15) is 5.56 Å². The van der Waals surface area contributed by atoms with Gasteiger partial charge in [0.15, 0.2) is 0 Å². The highest BCUT2D eigenvalue weighted by molar-refractivity contribution is 9.10. The molecule has 0 fully saturated rings. The van der Waals surface area contributed by atoms with Crippen LogP contribution in [0, 0.1) is 0 Å². The predicted octanol–water partition coefficient (Wildman–Crippen LogP) is 3.56. The first-order valence-corrected chi connectivity index (χ1v) is 7.43. The molecule has 1 unspecified atom stereocenters. The van der Waals surface area contributed by atoms with Gasteiger partial charge in [-0.15, -0.1) is 0 Å². The second kappa shape index (κ2) is 7.64. The van der Waals surface area contributed by atoms with Crippen molar-refractivity contribution in [3.8, 4) is 5.75 Å². The smallest absolute Gasteiger partial charge is 0.119 e. The molecule has 0 radical (unpaired) electrons. The van der Waals surface area contributed by atoms with Crippen LogP contribution in [0.25, 0.3) is 0 Å². The Morgan fingerprint density at radius 3 is 2.60 bits per heavy atom. The van der Waals surface area contributed by atoms with Crippen LogP contribution in [-0.2, 0) is 6.42 Å². The normalized spacial score (nSPS) is 12.2. The monoisotopic (exact) mass is 354 g/mol. The van der Waals surface area contributed by atoms with Crippen molar-refractivity contribution < 1.29 is 4.74 Å². The summed E-state index contributed by atoms with van der Waals surface area (Å²) in [6.07, 6.45) is 0.795. The molecule has 0 spiro atoms. The van der Waals surface area contributed by atoms with E-state index in [1.807, 2.05) is 24.3 Å². The van der Waals surface area contributed by atoms with Gasteiger partial charge in [0.2, 0.25) is 0 Å². The van der Waals surface area contributed by atoms with Crippen LogP contribution in [0.4, 0.5) is 0 Å². The van der Waals surface area contributed by atoms with Gasteiger partial charge in [0.05, 0.1) is 6.04 Å². The molecule has 3 nitrogen and oxygen atoms in total. The minimum Gasteiger partial charge on any atom is -0.492 e. The number of hydrazine groups is 1. The zero-order chi connectivity index (χ0) is 14.4. The maximum Gasteiger partial charge on any atom is 0.119 e. The summed E-state index contributed by atoms with van der Waals surface area (Å²) in [4.78, 5) is 0. The molecular formula is C15H16BrClN2O. The van der Waals surface area contributed by atoms with Crippen LogP contribution in [0.3, 0.4) is 0 Å². The fraction of sp³-hybridized carbons (Fsp3) is 0.200. The van der Waals surface area contributed by atoms with Crippen LogP contribution in [0.15, 0.2) is 53.0 Å². The lowest BCUT2D eigenvalue weighted by atomic mass is 10.1. The summed E-state index contributed by atoms with van der Waals surface area (Å²) in [6, 6.07) is 15.5. The van der Waals surface area contributed by atoms with Crippen molar-refractivity contribution in [3.63, 3.8) is 0 Å². The maximum atomic E-state index is 5.83. The first-order valence-electron chi connectivity index (χ1n) is 6.26. The molecule has 20 heavy (non-hydrogen) atoms. The van der Waals surface area contributed by atoms with E-state index in [0.29, 0.717) is 11.6 Å². The minimum absolute atomic E-state index is 0.0416. The lowest BCUT2D eigenvalue weighted by Crippen LogP contribution is -2.41. The van der Waals surface area contributed by atoms with E-state index in [1.54, 1.807) is 12.1 Å². The zero-order valence-corrected chi connectivity index (χ0v) is 13.2. The number of halogens is 2. The van der Waals surface area contributed by atoms with Crippen LogP contribution in [0.5, 0.6) is 5.75 Å². The van der Waals surface area contributed by atoms with E-state index in [-0.39, 0.29) is 6.04 Å². The zero-order valence-electron chi connectivity index (χ0n) is 10.9. The Hall–Kier alpha value is -1.07. The number of benzene rings is 2. The summed E-state index contributed by atoms with van der Waals surface area (Å²) in [5.41, 5.74) is 3.98. The Morgan fingerprint density at radius 1 is 1.20 bits per heavy atom. The van der Waals surface area contributed by atoms with Gasteiger partial charge < -0.3 is 4.74 Å². The third kappa shape index (κ3) is 4.80. The number of ether oxygens (including phenoxy) is 1. The third-order valence-electron chi connectivity index (χ3n) is 2.87. The van der Waals surface area contributed by atoms with Gasteiger partial charge in [-0.2, -0.15) is 0 Å². The van der Waals surface area contributed by atoms with Gasteiger partial charge >= 0.3 is 0 Å². The van der Waals surface area contributed by atoms with Gasteiger partial charge in [0.1, 0.15) is 12.4 Å². The molecule has 0 saturated heterocycles. The summed E-state index contributed by atoms with van der Waals surface area (Å²) in [5, 5.41) is 0.694. The fourth-order valence-corrected chi connectivity index (χ4v) is 2.41. The van der Waals surface area contributed by atoms with Crippen molar-refractivity contribution >= 4 is 27.5 Å². The van der Waals surface area contributed by atoms with Crippen molar-refractivity contribution in [1.82, 2.24) is 5.43 Å². The molecule has 2 aromatic carbocycles. The van der Waals surface area contributed by atoms with E-state index in [4.69, 9.17) is 22.2 Å². The summed E-state index contributed by atoms with van der Waals surface area (Å²) in [7, 11) is 0. The second-order valence-electron chi connectivity index (χ2n) is 4.46. The minimum atomic E-state index is 0.0416. The molecule has 2 rings (SSSR count). The standard InChI is InChI=1S/C15H16BrClN2O/c16-12-3-1-2-11(8-12)9-14(19-18)10-20-15-6-4-13(17)5-7-15/h1-8,14,19H,9-10,18H2. The molecule has 0 aromatic heterocycles. The number of hydrogen-bond donors (Lipinski definition) is 2. The molecule has 1 atom stereocenters. The van der Waals surface area contributed by atoms with E-state index in [2.05, 4.69) is 33.5 Å². The Labute approximate surface area is 132 Å². The molecular weight excluding hydrogens is 340 g/mol. The number of hydrogen-bond acceptors (Lipinski definition) is 3. The number of rotatable bonds is 6. The summed E-state index contributed by atoms with van der Waals surface area (Å²) in [5.74, 6) is 6.37. The maximum absolute atomic E-state index is 5.83. The molecule has 3 N–H and O–H groups in total. The van der Waals surface area contributed by atoms with E-state index in [9.17, 15) is 0 Å². The van der Waals surface area contributed by atoms with Crippen molar-refractivity contribution in [2.24, 2.45) is 5.84 Å². The Balaban J connectivity index is 1.90. The molecule has 106 valence electrons. The van der Waals surface area contributed by atoms with Gasteiger partial charge in [-0.3, -0.25) is 11.3 Å². The predicted molar refractivity (Wildman–Crippen MR) is 85.9 cm³/mol. The molecule has 0 aliphatic rings. The van der Waals surface area contributed by atoms with Gasteiger partial charge in [-0.05, 0) is 48.4 Å². The quantitative estimate of drug-likeness (QED) is 0.615. The Morgan fingerprint density at radius 2 is 1.95 bits per heavy atom. The number of nitrogens with two attached hydrogens (primary N) is 1. The highest BCUT2D eigenvalue weighted by Crippen LogP contribution is 2.17. The fourth-order valence-electron chi connectivity index (χ4n) is 1.84. The SMILES string of the molecule is NNC(COc1ccc(Cl)cc1)Cc1cccc(Br)c1. The summed E-state index contributed by atoms with van der Waals surface area (Å²) in [6.45, 7) is 0.491. The van der Waals surface area contributed by atoms with Crippen LogP contribution in [-0.4, -0.2) is 12.6 Å². The first kappa shape index (κ1) is 15.3. The Bertz CT molecular complexity index is 548. The van der Waals surface area contributed by atoms with E-state index >= 15 is 0 Å². The first-order chi connectivity index (χ1) is 9.67. The van der Waals surface area contributed by atoms with Gasteiger partial charge in [0, 0.05) is 9.50 Å². The van der Waals surface area contributed by atoms with E-state index < -0.39 is 0 Å². The summed E-state index contributed by atoms with van der Waals surface area (Å²) < 4.78 is 6.76. The van der Waals surface area contributed by atoms with Gasteiger partial charge in [0.25, 0.3) is 0 Å². The molecule has 0 heterocycles. The van der Waals surface area contributed by atoms with Crippen LogP contribution < -0.4 is 16.0 Å². The van der Waals surface area contributed by atoms with Crippen molar-refractivity contribution in [3.05, 3.63) is 63.6 Å². The molecule has 5 heteroatoms. The number of nitrogens with one attached hydrogen (secondary N) is 1. The van der Waals surface area contributed by atoms with E-state index in [1.165, 1.54) is 5.56 Å². The highest BCUT2D eigenvalue weighted by atomic mass is 79.9. The third-order valence-corrected chi connectivity index (χ3v) is 3.62. The average molecular weight is 356 g/mol. The van der Waals surface area contributed by atoms with Crippen LogP contribution >= 0.6 is 27.5 Å². The average Bonchev–Trinajstić information content (AvgIpc) is 2.45. The molecule has 0 bridgehead atoms. The second-order valence-corrected chi connectivity index (χ2v) is 5.81. The topological polar surface area (TPSA) is 47.3 Å². The molecule has 0 aliphatic carbocycles. The molecule has 0 saturated carbocycles. The lowest BCUT2D eigenvalue weighted by Gasteiger charge is -2.17. The summed E-state index contributed by atoms with van der Waals surface area (Å²) >= 11 is 9.29. The molecule has 0 amide bonds. The Kier molecular flexibility index (Phi) is 5.86. The van der Waals surface area contributed by atoms with Gasteiger partial charge in [-0.25, -0.2) is 0 Å². The highest BCUT2D eigenvalue weighted by Gasteiger charge is 2.09. The van der Waals surface area contributed by atoms with Crippen molar-refractivity contribution in [2.75, 3.05) is 6.61 Å². The lowest BCUT2D eigenvalue weighted by molar-refractivity contribution is 0.264. The van der Waals surface area contributed by atoms with E-state index in [0.717, 1.165) is 16.6 Å². The largest absolute Gasteiger partial charge is 0.492 e. The molecule has 2 aromatic rings. The van der Waals surface area contributed by atoms with Gasteiger partial charge in [-0.1, -0.05) is 39.7 Å². The van der Waals surface area contributed by atoms with Crippen LogP contribution in [0.2, 0.25) is 5.02 Å².